The van der Waals surface area contributed by atoms with Gasteiger partial charge in [-0.2, -0.15) is 0 Å². The molecule has 1 saturated heterocycles. The number of nitrogen functional groups attached to an aromatic ring is 1. The van der Waals surface area contributed by atoms with Crippen LogP contribution in [0.1, 0.15) is 19.4 Å². The number of amides is 2. The van der Waals surface area contributed by atoms with Crippen LogP contribution in [0.3, 0.4) is 0 Å². The minimum Gasteiger partial charge on any atom is -0.397 e. The number of carbonyl (C=O) groups is 2. The fourth-order valence-corrected chi connectivity index (χ4v) is 2.46. The van der Waals surface area contributed by atoms with Crippen LogP contribution in [-0.2, 0) is 14.3 Å². The van der Waals surface area contributed by atoms with Crippen molar-refractivity contribution in [1.82, 2.24) is 4.90 Å². The Morgan fingerprint density at radius 3 is 2.48 bits per heavy atom. The highest BCUT2D eigenvalue weighted by molar-refractivity contribution is 6.39. The quantitative estimate of drug-likeness (QED) is 0.600. The van der Waals surface area contributed by atoms with Gasteiger partial charge in [0.05, 0.1) is 23.6 Å². The van der Waals surface area contributed by atoms with Gasteiger partial charge in [0.15, 0.2) is 0 Å². The lowest BCUT2D eigenvalue weighted by Crippen LogP contribution is -2.51. The van der Waals surface area contributed by atoms with Crippen molar-refractivity contribution < 1.29 is 14.3 Å². The van der Waals surface area contributed by atoms with Crippen molar-refractivity contribution in [2.24, 2.45) is 0 Å². The third kappa shape index (κ3) is 3.72. The minimum atomic E-state index is -0.674. The van der Waals surface area contributed by atoms with Gasteiger partial charge in [0.25, 0.3) is 0 Å². The molecule has 2 unspecified atom stereocenters. The summed E-state index contributed by atoms with van der Waals surface area (Å²) in [7, 11) is 0. The summed E-state index contributed by atoms with van der Waals surface area (Å²) in [5.41, 5.74) is 7.72. The number of benzene rings is 1. The SMILES string of the molecule is Cc1ccc(NC(=O)C(=O)N2CC(C)OC(C)C2)c(N)c1. The molecule has 1 aromatic carbocycles. The molecule has 2 rings (SSSR count). The van der Waals surface area contributed by atoms with Crippen molar-refractivity contribution in [3.05, 3.63) is 23.8 Å². The molecule has 1 fully saturated rings. The number of ether oxygens (including phenoxy) is 1. The summed E-state index contributed by atoms with van der Waals surface area (Å²) in [6, 6.07) is 5.27. The molecule has 0 aromatic heterocycles. The number of nitrogens with two attached hydrogens (primary N) is 1. The van der Waals surface area contributed by atoms with Gasteiger partial charge in [0.2, 0.25) is 0 Å². The number of nitrogens with one attached hydrogen (secondary N) is 1. The van der Waals surface area contributed by atoms with E-state index in [-0.39, 0.29) is 12.2 Å². The molecule has 0 spiro atoms. The molecule has 3 N–H and O–H groups in total. The topological polar surface area (TPSA) is 84.7 Å². The van der Waals surface area contributed by atoms with E-state index in [1.807, 2.05) is 26.8 Å². The maximum absolute atomic E-state index is 12.2. The van der Waals surface area contributed by atoms with Gasteiger partial charge in [0, 0.05) is 13.1 Å². The molecule has 1 aliphatic heterocycles. The maximum Gasteiger partial charge on any atom is 0.313 e. The zero-order chi connectivity index (χ0) is 15.6. The van der Waals surface area contributed by atoms with Crippen LogP contribution in [0.5, 0.6) is 0 Å². The van der Waals surface area contributed by atoms with Crippen LogP contribution in [0.15, 0.2) is 18.2 Å². The first-order valence-corrected chi connectivity index (χ1v) is 6.98. The van der Waals surface area contributed by atoms with Crippen molar-refractivity contribution in [3.63, 3.8) is 0 Å². The number of aryl methyl sites for hydroxylation is 1. The predicted octanol–water partition coefficient (Wildman–Crippen LogP) is 1.15. The fourth-order valence-electron chi connectivity index (χ4n) is 2.46. The standard InChI is InChI=1S/C15H21N3O3/c1-9-4-5-13(12(16)6-9)17-14(19)15(20)18-7-10(2)21-11(3)8-18/h4-6,10-11H,7-8,16H2,1-3H3,(H,17,19). The van der Waals surface area contributed by atoms with E-state index in [2.05, 4.69) is 5.32 Å². The zero-order valence-corrected chi connectivity index (χ0v) is 12.6. The van der Waals surface area contributed by atoms with Crippen LogP contribution in [0.25, 0.3) is 0 Å². The van der Waals surface area contributed by atoms with Crippen LogP contribution in [0, 0.1) is 6.92 Å². The molecular weight excluding hydrogens is 270 g/mol. The summed E-state index contributed by atoms with van der Waals surface area (Å²) in [6.07, 6.45) is -0.148. The second-order valence-electron chi connectivity index (χ2n) is 5.51. The number of carbonyl (C=O) groups excluding carboxylic acids is 2. The van der Waals surface area contributed by atoms with Crippen molar-refractivity contribution in [2.75, 3.05) is 24.1 Å². The highest BCUT2D eigenvalue weighted by atomic mass is 16.5. The molecule has 1 heterocycles. The first-order valence-electron chi connectivity index (χ1n) is 6.98. The van der Waals surface area contributed by atoms with E-state index in [1.165, 1.54) is 4.90 Å². The van der Waals surface area contributed by atoms with E-state index >= 15 is 0 Å². The number of rotatable bonds is 1. The molecule has 114 valence electrons. The van der Waals surface area contributed by atoms with Crippen LogP contribution >= 0.6 is 0 Å². The monoisotopic (exact) mass is 291 g/mol. The van der Waals surface area contributed by atoms with Crippen LogP contribution in [0.4, 0.5) is 11.4 Å². The van der Waals surface area contributed by atoms with Crippen molar-refractivity contribution in [2.45, 2.75) is 33.0 Å². The van der Waals surface area contributed by atoms with Crippen molar-refractivity contribution in [3.8, 4) is 0 Å². The highest BCUT2D eigenvalue weighted by Gasteiger charge is 2.29. The van der Waals surface area contributed by atoms with Gasteiger partial charge in [-0.3, -0.25) is 9.59 Å². The van der Waals surface area contributed by atoms with Crippen LogP contribution in [0.2, 0.25) is 0 Å². The predicted molar refractivity (Wildman–Crippen MR) is 80.8 cm³/mol. The van der Waals surface area contributed by atoms with Gasteiger partial charge in [0.1, 0.15) is 0 Å². The molecule has 2 amide bonds. The largest absolute Gasteiger partial charge is 0.397 e. The van der Waals surface area contributed by atoms with Crippen molar-refractivity contribution in [1.29, 1.82) is 0 Å². The van der Waals surface area contributed by atoms with Crippen LogP contribution < -0.4 is 11.1 Å². The van der Waals surface area contributed by atoms with Gasteiger partial charge in [-0.25, -0.2) is 0 Å². The number of nitrogens with zero attached hydrogens (tertiary/aromatic N) is 1. The fraction of sp³-hybridized carbons (Fsp3) is 0.467. The molecule has 0 aliphatic carbocycles. The highest BCUT2D eigenvalue weighted by Crippen LogP contribution is 2.19. The molecular formula is C15H21N3O3. The molecule has 6 nitrogen and oxygen atoms in total. The minimum absolute atomic E-state index is 0.0741. The number of hydrogen-bond donors (Lipinski definition) is 2. The van der Waals surface area contributed by atoms with E-state index in [1.54, 1.807) is 12.1 Å². The van der Waals surface area contributed by atoms with Crippen molar-refractivity contribution >= 4 is 23.2 Å². The Morgan fingerprint density at radius 2 is 1.90 bits per heavy atom. The second-order valence-corrected chi connectivity index (χ2v) is 5.51. The number of anilines is 2. The second kappa shape index (κ2) is 6.13. The maximum atomic E-state index is 12.2. The number of hydrogen-bond acceptors (Lipinski definition) is 4. The molecule has 0 saturated carbocycles. The summed E-state index contributed by atoms with van der Waals surface area (Å²) >= 11 is 0. The molecule has 1 aliphatic rings. The first-order chi connectivity index (χ1) is 9.86. The summed E-state index contributed by atoms with van der Waals surface area (Å²) in [5, 5.41) is 2.57. The normalized spacial score (nSPS) is 22.0. The van der Waals surface area contributed by atoms with Gasteiger partial charge in [-0.15, -0.1) is 0 Å². The van der Waals surface area contributed by atoms with E-state index in [4.69, 9.17) is 10.5 Å². The third-order valence-corrected chi connectivity index (χ3v) is 3.36. The average Bonchev–Trinajstić information content (AvgIpc) is 2.40. The molecule has 0 bridgehead atoms. The smallest absolute Gasteiger partial charge is 0.313 e. The lowest BCUT2D eigenvalue weighted by atomic mass is 10.2. The summed E-state index contributed by atoms with van der Waals surface area (Å²) in [6.45, 7) is 6.50. The molecule has 1 aromatic rings. The van der Waals surface area contributed by atoms with Gasteiger partial charge in [-0.1, -0.05) is 6.07 Å². The third-order valence-electron chi connectivity index (χ3n) is 3.36. The van der Waals surface area contributed by atoms with Gasteiger partial charge in [-0.05, 0) is 38.5 Å². The number of morpholine rings is 1. The Kier molecular flexibility index (Phi) is 4.47. The van der Waals surface area contributed by atoms with E-state index in [0.29, 0.717) is 24.5 Å². The lowest BCUT2D eigenvalue weighted by molar-refractivity contribution is -0.151. The Hall–Kier alpha value is -2.08. The van der Waals surface area contributed by atoms with Gasteiger partial charge >= 0.3 is 11.8 Å². The Morgan fingerprint density at radius 1 is 1.29 bits per heavy atom. The van der Waals surface area contributed by atoms with E-state index < -0.39 is 11.8 Å². The Balaban J connectivity index is 2.04. The molecule has 21 heavy (non-hydrogen) atoms. The summed E-state index contributed by atoms with van der Waals surface area (Å²) < 4.78 is 5.55. The first kappa shape index (κ1) is 15.3. The van der Waals surface area contributed by atoms with E-state index in [0.717, 1.165) is 5.56 Å². The Labute approximate surface area is 124 Å². The molecule has 0 radical (unpaired) electrons. The average molecular weight is 291 g/mol. The lowest BCUT2D eigenvalue weighted by Gasteiger charge is -2.34. The zero-order valence-electron chi connectivity index (χ0n) is 12.6. The summed E-state index contributed by atoms with van der Waals surface area (Å²) in [4.78, 5) is 25.8. The molecule has 6 heteroatoms. The van der Waals surface area contributed by atoms with Gasteiger partial charge < -0.3 is 20.7 Å². The van der Waals surface area contributed by atoms with Crippen LogP contribution in [-0.4, -0.2) is 42.0 Å². The molecule has 2 atom stereocenters. The van der Waals surface area contributed by atoms with E-state index in [9.17, 15) is 9.59 Å². The Bertz CT molecular complexity index is 549. The summed E-state index contributed by atoms with van der Waals surface area (Å²) in [5.74, 6) is -1.23.